The van der Waals surface area contributed by atoms with Gasteiger partial charge in [0.05, 0.1) is 11.9 Å². The Labute approximate surface area is 104 Å². The quantitative estimate of drug-likeness (QED) is 0.875. The van der Waals surface area contributed by atoms with Crippen LogP contribution in [0.15, 0.2) is 35.3 Å². The molecule has 1 N–H and O–H groups in total. The molecular formula is C12H14BrN3. The summed E-state index contributed by atoms with van der Waals surface area (Å²) < 4.78 is 2.94. The summed E-state index contributed by atoms with van der Waals surface area (Å²) in [4.78, 5) is 4.25. The van der Waals surface area contributed by atoms with Crippen molar-refractivity contribution in [3.8, 4) is 0 Å². The van der Waals surface area contributed by atoms with Gasteiger partial charge in [0, 0.05) is 26.0 Å². The Morgan fingerprint density at radius 2 is 2.31 bits per heavy atom. The van der Waals surface area contributed by atoms with E-state index in [1.807, 2.05) is 30.9 Å². The average Bonchev–Trinajstić information content (AvgIpc) is 2.66. The van der Waals surface area contributed by atoms with Gasteiger partial charge in [-0.2, -0.15) is 0 Å². The molecule has 0 aromatic carbocycles. The molecule has 4 heteroatoms. The number of pyridine rings is 1. The average molecular weight is 280 g/mol. The van der Waals surface area contributed by atoms with Crippen LogP contribution in [-0.2, 0) is 13.6 Å². The van der Waals surface area contributed by atoms with Crippen molar-refractivity contribution in [2.75, 3.05) is 5.32 Å². The van der Waals surface area contributed by atoms with Gasteiger partial charge in [0.15, 0.2) is 0 Å². The van der Waals surface area contributed by atoms with Crippen molar-refractivity contribution in [2.45, 2.75) is 13.5 Å². The van der Waals surface area contributed by atoms with Crippen LogP contribution >= 0.6 is 15.9 Å². The molecule has 0 spiro atoms. The largest absolute Gasteiger partial charge is 0.380 e. The number of nitrogens with zero attached hydrogens (tertiary/aromatic N) is 2. The van der Waals surface area contributed by atoms with E-state index in [-0.39, 0.29) is 0 Å². The zero-order valence-electron chi connectivity index (χ0n) is 9.37. The normalized spacial score (nSPS) is 10.4. The summed E-state index contributed by atoms with van der Waals surface area (Å²) in [5.41, 5.74) is 3.45. The third kappa shape index (κ3) is 2.64. The highest BCUT2D eigenvalue weighted by molar-refractivity contribution is 9.10. The third-order valence-corrected chi connectivity index (χ3v) is 3.23. The number of rotatable bonds is 3. The smallest absolute Gasteiger partial charge is 0.109 e. The van der Waals surface area contributed by atoms with Crippen LogP contribution in [0.3, 0.4) is 0 Å². The molecule has 2 rings (SSSR count). The number of anilines is 1. The summed E-state index contributed by atoms with van der Waals surface area (Å²) in [5, 5.41) is 3.35. The highest BCUT2D eigenvalue weighted by Crippen LogP contribution is 2.17. The fourth-order valence-electron chi connectivity index (χ4n) is 1.52. The topological polar surface area (TPSA) is 29.9 Å². The van der Waals surface area contributed by atoms with Crippen LogP contribution in [0.1, 0.15) is 11.1 Å². The minimum Gasteiger partial charge on any atom is -0.380 e. The lowest BCUT2D eigenvalue weighted by Gasteiger charge is -2.06. The molecule has 0 atom stereocenters. The second-order valence-electron chi connectivity index (χ2n) is 3.87. The van der Waals surface area contributed by atoms with E-state index in [2.05, 4.69) is 44.6 Å². The second-order valence-corrected chi connectivity index (χ2v) is 4.62. The maximum absolute atomic E-state index is 4.25. The molecular weight excluding hydrogens is 266 g/mol. The van der Waals surface area contributed by atoms with Gasteiger partial charge >= 0.3 is 0 Å². The summed E-state index contributed by atoms with van der Waals surface area (Å²) in [5.74, 6) is 0. The molecule has 0 aliphatic carbocycles. The van der Waals surface area contributed by atoms with Crippen LogP contribution < -0.4 is 5.32 Å². The molecule has 16 heavy (non-hydrogen) atoms. The van der Waals surface area contributed by atoms with Gasteiger partial charge in [0.25, 0.3) is 0 Å². The van der Waals surface area contributed by atoms with Crippen molar-refractivity contribution in [1.82, 2.24) is 9.55 Å². The van der Waals surface area contributed by atoms with Gasteiger partial charge in [-0.15, -0.1) is 0 Å². The lowest BCUT2D eigenvalue weighted by molar-refractivity contribution is 0.920. The van der Waals surface area contributed by atoms with Crippen LogP contribution in [-0.4, -0.2) is 9.55 Å². The molecule has 3 nitrogen and oxygen atoms in total. The van der Waals surface area contributed by atoms with Crippen molar-refractivity contribution in [2.24, 2.45) is 7.05 Å². The van der Waals surface area contributed by atoms with Crippen LogP contribution in [0.25, 0.3) is 0 Å². The molecule has 0 amide bonds. The predicted molar refractivity (Wildman–Crippen MR) is 69.4 cm³/mol. The first-order chi connectivity index (χ1) is 7.65. The molecule has 0 radical (unpaired) electrons. The van der Waals surface area contributed by atoms with E-state index in [0.717, 1.165) is 22.4 Å². The minimum absolute atomic E-state index is 0.823. The van der Waals surface area contributed by atoms with E-state index >= 15 is 0 Å². The Kier molecular flexibility index (Phi) is 3.29. The molecule has 2 aromatic heterocycles. The van der Waals surface area contributed by atoms with E-state index in [1.54, 1.807) is 0 Å². The Hall–Kier alpha value is -1.29. The summed E-state index contributed by atoms with van der Waals surface area (Å²) in [6.07, 6.45) is 5.98. The van der Waals surface area contributed by atoms with Gasteiger partial charge in [-0.3, -0.25) is 0 Å². The first kappa shape index (κ1) is 11.2. The first-order valence-corrected chi connectivity index (χ1v) is 5.91. The molecule has 84 valence electrons. The van der Waals surface area contributed by atoms with Gasteiger partial charge in [-0.1, -0.05) is 0 Å². The maximum atomic E-state index is 4.25. The van der Waals surface area contributed by atoms with E-state index in [4.69, 9.17) is 0 Å². The minimum atomic E-state index is 0.823. The fraction of sp³-hybridized carbons (Fsp3) is 0.250. The molecule has 0 aliphatic heterocycles. The Morgan fingerprint density at radius 3 is 2.94 bits per heavy atom. The van der Waals surface area contributed by atoms with Crippen LogP contribution in [0, 0.1) is 6.92 Å². The van der Waals surface area contributed by atoms with Crippen LogP contribution in [0.2, 0.25) is 0 Å². The lowest BCUT2D eigenvalue weighted by Crippen LogP contribution is -1.99. The molecule has 0 fully saturated rings. The Morgan fingerprint density at radius 1 is 1.50 bits per heavy atom. The SMILES string of the molecule is Cc1cc(NCc2ccn(C)c2)cnc1Br. The molecule has 2 heterocycles. The zero-order chi connectivity index (χ0) is 11.5. The number of aryl methyl sites for hydroxylation is 2. The fourth-order valence-corrected chi connectivity index (χ4v) is 1.74. The molecule has 2 aromatic rings. The molecule has 0 aliphatic rings. The van der Waals surface area contributed by atoms with E-state index < -0.39 is 0 Å². The Bertz CT molecular complexity index is 491. The number of hydrogen-bond acceptors (Lipinski definition) is 2. The van der Waals surface area contributed by atoms with E-state index in [9.17, 15) is 0 Å². The van der Waals surface area contributed by atoms with E-state index in [1.165, 1.54) is 5.56 Å². The van der Waals surface area contributed by atoms with Gasteiger partial charge in [0.2, 0.25) is 0 Å². The highest BCUT2D eigenvalue weighted by atomic mass is 79.9. The second kappa shape index (κ2) is 4.70. The number of halogens is 1. The van der Waals surface area contributed by atoms with Gasteiger partial charge in [0.1, 0.15) is 4.60 Å². The van der Waals surface area contributed by atoms with Gasteiger partial charge in [-0.25, -0.2) is 4.98 Å². The van der Waals surface area contributed by atoms with Crippen molar-refractivity contribution < 1.29 is 0 Å². The number of hydrogen-bond donors (Lipinski definition) is 1. The van der Waals surface area contributed by atoms with Gasteiger partial charge < -0.3 is 9.88 Å². The Balaban J connectivity index is 2.02. The molecule has 0 saturated heterocycles. The summed E-state index contributed by atoms with van der Waals surface area (Å²) >= 11 is 3.39. The van der Waals surface area contributed by atoms with Crippen molar-refractivity contribution in [3.63, 3.8) is 0 Å². The number of aromatic nitrogens is 2. The van der Waals surface area contributed by atoms with Crippen molar-refractivity contribution >= 4 is 21.6 Å². The zero-order valence-corrected chi connectivity index (χ0v) is 11.0. The van der Waals surface area contributed by atoms with E-state index in [0.29, 0.717) is 0 Å². The maximum Gasteiger partial charge on any atom is 0.109 e. The monoisotopic (exact) mass is 279 g/mol. The highest BCUT2D eigenvalue weighted by Gasteiger charge is 1.99. The number of nitrogens with one attached hydrogen (secondary N) is 1. The van der Waals surface area contributed by atoms with Crippen LogP contribution in [0.4, 0.5) is 5.69 Å². The van der Waals surface area contributed by atoms with Crippen molar-refractivity contribution in [3.05, 3.63) is 46.5 Å². The molecule has 0 saturated carbocycles. The standard InChI is InChI=1S/C12H14BrN3/c1-9-5-11(7-15-12(9)13)14-6-10-3-4-16(2)8-10/h3-5,7-8,14H,6H2,1-2H3. The lowest BCUT2D eigenvalue weighted by atomic mass is 10.3. The molecule has 0 unspecified atom stereocenters. The predicted octanol–water partition coefficient (Wildman–Crippen LogP) is 3.10. The summed E-state index contributed by atoms with van der Waals surface area (Å²) in [6.45, 7) is 2.86. The summed E-state index contributed by atoms with van der Waals surface area (Å²) in [7, 11) is 2.02. The first-order valence-electron chi connectivity index (χ1n) is 5.12. The van der Waals surface area contributed by atoms with Crippen LogP contribution in [0.5, 0.6) is 0 Å². The summed E-state index contributed by atoms with van der Waals surface area (Å²) in [6, 6.07) is 4.19. The van der Waals surface area contributed by atoms with Crippen molar-refractivity contribution in [1.29, 1.82) is 0 Å². The third-order valence-electron chi connectivity index (χ3n) is 2.40. The molecule has 0 bridgehead atoms. The van der Waals surface area contributed by atoms with Gasteiger partial charge in [-0.05, 0) is 46.1 Å².